The molecule has 0 atom stereocenters. The van der Waals surface area contributed by atoms with Gasteiger partial charge in [-0.15, -0.1) is 17.7 Å². The van der Waals surface area contributed by atoms with E-state index in [0.717, 1.165) is 65.4 Å². The maximum absolute atomic E-state index is 11.7. The molecule has 1 aliphatic rings. The average molecular weight is 809 g/mol. The number of nitrogens with zero attached hydrogens (tertiary/aromatic N) is 1. The normalized spacial score (nSPS) is 13.9. The van der Waals surface area contributed by atoms with Gasteiger partial charge in [0.1, 0.15) is 5.58 Å². The molecule has 3 aromatic carbocycles. The van der Waals surface area contributed by atoms with Crippen LogP contribution in [0, 0.1) is 23.3 Å². The van der Waals surface area contributed by atoms with E-state index in [0.29, 0.717) is 0 Å². The summed E-state index contributed by atoms with van der Waals surface area (Å²) in [6.07, 6.45) is 5.88. The van der Waals surface area contributed by atoms with E-state index < -0.39 is 0 Å². The van der Waals surface area contributed by atoms with Gasteiger partial charge in [0.25, 0.3) is 0 Å². The Morgan fingerprint density at radius 3 is 2.23 bits per heavy atom. The summed E-state index contributed by atoms with van der Waals surface area (Å²) in [6, 6.07) is 22.8. The predicted molar refractivity (Wildman–Crippen MR) is 192 cm³/mol. The fourth-order valence-electron chi connectivity index (χ4n) is 7.04. The maximum Gasteiger partial charge on any atom is 0.162 e. The summed E-state index contributed by atoms with van der Waals surface area (Å²) in [5, 5.41) is 13.3. The zero-order valence-corrected chi connectivity index (χ0v) is 31.9. The number of benzene rings is 3. The molecular weight excluding hydrogens is 759 g/mol. The van der Waals surface area contributed by atoms with Gasteiger partial charge in [-0.05, 0) is 71.2 Å². The number of aliphatic hydroxyl groups excluding tert-OH is 1. The molecule has 47 heavy (non-hydrogen) atoms. The summed E-state index contributed by atoms with van der Waals surface area (Å²) in [6.45, 7) is 19.5. The molecule has 1 N–H and O–H groups in total. The van der Waals surface area contributed by atoms with Crippen molar-refractivity contribution in [3.05, 3.63) is 89.2 Å². The minimum absolute atomic E-state index is 0. The van der Waals surface area contributed by atoms with Crippen molar-refractivity contribution in [3.8, 4) is 11.3 Å². The van der Waals surface area contributed by atoms with Crippen LogP contribution in [0.1, 0.15) is 105 Å². The zero-order chi connectivity index (χ0) is 33.4. The van der Waals surface area contributed by atoms with Crippen LogP contribution in [0.25, 0.3) is 44.1 Å². The van der Waals surface area contributed by atoms with Gasteiger partial charge in [0.2, 0.25) is 0 Å². The van der Waals surface area contributed by atoms with Gasteiger partial charge in [-0.1, -0.05) is 116 Å². The largest absolute Gasteiger partial charge is 0.512 e. The number of aromatic nitrogens is 1. The van der Waals surface area contributed by atoms with Crippen molar-refractivity contribution in [2.75, 3.05) is 0 Å². The number of allylic oxidation sites excluding steroid dienone is 2. The molecule has 0 aliphatic heterocycles. The molecule has 0 bridgehead atoms. The van der Waals surface area contributed by atoms with Gasteiger partial charge in [0.05, 0.1) is 16.9 Å². The van der Waals surface area contributed by atoms with Crippen LogP contribution in [-0.2, 0) is 36.7 Å². The summed E-state index contributed by atoms with van der Waals surface area (Å²) in [5.74, 6) is 0.547. The summed E-state index contributed by atoms with van der Waals surface area (Å²) in [4.78, 5) is 16.9. The topological polar surface area (TPSA) is 63.3 Å². The fourth-order valence-corrected chi connectivity index (χ4v) is 7.04. The second-order valence-electron chi connectivity index (χ2n) is 14.6. The summed E-state index contributed by atoms with van der Waals surface area (Å²) >= 11 is 0. The van der Waals surface area contributed by atoms with Gasteiger partial charge in [0.15, 0.2) is 5.78 Å². The summed E-state index contributed by atoms with van der Waals surface area (Å²) < 4.78 is 6.53. The first kappa shape index (κ1) is 36.6. The van der Waals surface area contributed by atoms with E-state index in [1.165, 1.54) is 33.5 Å². The van der Waals surface area contributed by atoms with Gasteiger partial charge >= 0.3 is 0 Å². The molecular formula is C42H50IrNO3-. The van der Waals surface area contributed by atoms with E-state index in [9.17, 15) is 9.90 Å². The minimum Gasteiger partial charge on any atom is -0.512 e. The van der Waals surface area contributed by atoms with E-state index in [4.69, 9.17) is 9.40 Å². The predicted octanol–water partition coefficient (Wildman–Crippen LogP) is 11.7. The van der Waals surface area contributed by atoms with E-state index >= 15 is 0 Å². The number of carbonyl (C=O) groups excluding carboxylic acids is 1. The Morgan fingerprint density at radius 1 is 0.936 bits per heavy atom. The Balaban J connectivity index is 0.000000269. The van der Waals surface area contributed by atoms with Gasteiger partial charge in [-0.25, -0.2) is 0 Å². The van der Waals surface area contributed by atoms with Crippen molar-refractivity contribution in [2.45, 2.75) is 99.8 Å². The average Bonchev–Trinajstić information content (AvgIpc) is 3.38. The van der Waals surface area contributed by atoms with Crippen molar-refractivity contribution in [2.24, 2.45) is 17.3 Å². The third kappa shape index (κ3) is 7.13. The molecule has 1 aliphatic carbocycles. The number of pyridine rings is 1. The molecule has 0 amide bonds. The van der Waals surface area contributed by atoms with Crippen LogP contribution >= 0.6 is 0 Å². The number of carbonyl (C=O) groups is 1. The first-order valence-electron chi connectivity index (χ1n) is 17.1. The Labute approximate surface area is 294 Å². The second kappa shape index (κ2) is 14.5. The molecule has 0 unspecified atom stereocenters. The third-order valence-corrected chi connectivity index (χ3v) is 9.77. The molecule has 1 radical (unpaired) electrons. The van der Waals surface area contributed by atoms with Gasteiger partial charge in [-0.3, -0.25) is 9.78 Å². The number of hydrogen-bond acceptors (Lipinski definition) is 4. The van der Waals surface area contributed by atoms with Crippen molar-refractivity contribution in [1.82, 2.24) is 4.98 Å². The van der Waals surface area contributed by atoms with Crippen molar-refractivity contribution < 1.29 is 34.4 Å². The first-order valence-corrected chi connectivity index (χ1v) is 17.1. The fraction of sp³-hybridized carbons (Fsp3) is 0.429. The van der Waals surface area contributed by atoms with Crippen molar-refractivity contribution in [1.29, 1.82) is 0 Å². The van der Waals surface area contributed by atoms with E-state index in [-0.39, 0.29) is 54.3 Å². The molecule has 5 heteroatoms. The van der Waals surface area contributed by atoms with Crippen LogP contribution in [-0.4, -0.2) is 15.9 Å². The summed E-state index contributed by atoms with van der Waals surface area (Å²) in [5.41, 5.74) is 8.82. The molecule has 0 spiro atoms. The van der Waals surface area contributed by atoms with Crippen LogP contribution in [0.4, 0.5) is 0 Å². The van der Waals surface area contributed by atoms with E-state index in [1.807, 2.05) is 39.8 Å². The molecule has 2 heterocycles. The SMILES string of the molecule is CC(C)(C)Cc1ccc2c3c1oc1cc[c-]c(c13)-c1nc3ccccc3cc1C2(C)C.CCC(CC)C(=O)/C=C(\O)C(CC)CC.[Ir]. The van der Waals surface area contributed by atoms with Gasteiger partial charge in [-0.2, -0.15) is 0 Å². The number of aliphatic hydroxyl groups is 1. The third-order valence-electron chi connectivity index (χ3n) is 9.77. The second-order valence-corrected chi connectivity index (χ2v) is 14.6. The molecule has 0 saturated heterocycles. The number of ketones is 1. The first-order chi connectivity index (χ1) is 21.8. The van der Waals surface area contributed by atoms with Crippen LogP contribution in [0.5, 0.6) is 0 Å². The number of para-hydroxylation sites is 1. The van der Waals surface area contributed by atoms with Gasteiger partial charge in [0, 0.05) is 43.4 Å². The maximum atomic E-state index is 11.7. The van der Waals surface area contributed by atoms with Crippen molar-refractivity contribution >= 4 is 38.6 Å². The molecule has 5 aromatic rings. The molecule has 0 fully saturated rings. The Bertz CT molecular complexity index is 1920. The van der Waals surface area contributed by atoms with Crippen LogP contribution < -0.4 is 0 Å². The van der Waals surface area contributed by atoms with E-state index in [1.54, 1.807) is 0 Å². The van der Waals surface area contributed by atoms with Crippen LogP contribution in [0.2, 0.25) is 0 Å². The van der Waals surface area contributed by atoms with Gasteiger partial charge < -0.3 is 9.52 Å². The Hall–Kier alpha value is -3.27. The Morgan fingerprint density at radius 2 is 1.60 bits per heavy atom. The van der Waals surface area contributed by atoms with Crippen molar-refractivity contribution in [3.63, 3.8) is 0 Å². The monoisotopic (exact) mass is 809 g/mol. The van der Waals surface area contributed by atoms with Crippen LogP contribution in [0.3, 0.4) is 0 Å². The van der Waals surface area contributed by atoms with Crippen LogP contribution in [0.15, 0.2) is 70.8 Å². The number of fused-ring (bicyclic) bond motifs is 3. The molecule has 2 aromatic heterocycles. The smallest absolute Gasteiger partial charge is 0.162 e. The minimum atomic E-state index is -0.214. The molecule has 251 valence electrons. The number of hydrogen-bond donors (Lipinski definition) is 1. The number of rotatable bonds is 8. The van der Waals surface area contributed by atoms with E-state index in [2.05, 4.69) is 83.1 Å². The molecule has 6 rings (SSSR count). The molecule has 0 saturated carbocycles. The molecule has 4 nitrogen and oxygen atoms in total. The number of furan rings is 1. The quantitative estimate of drug-likeness (QED) is 0.0963. The standard InChI is InChI=1S/C29H26NO.C13H24O2.Ir/c1-28(2,3)16-18-13-14-20-25-24-19(10-8-12-23(24)31-27(18)25)26-21(29(20,4)5)15-17-9-6-7-11-22(17)30-26;1-5-10(6-2)12(14)9-13(15)11(7-3)8-4;/h6-9,11-15H,16H2,1-5H3;9-11,14H,5-8H2,1-4H3;/q-1;;/b;12-9-;. The summed E-state index contributed by atoms with van der Waals surface area (Å²) in [7, 11) is 0. The Kier molecular flexibility index (Phi) is 11.3. The zero-order valence-electron chi connectivity index (χ0n) is 29.5.